The largest absolute Gasteiger partial charge is 0.497 e. The van der Waals surface area contributed by atoms with Crippen molar-refractivity contribution < 1.29 is 14.3 Å². The van der Waals surface area contributed by atoms with Crippen LogP contribution in [0.5, 0.6) is 5.75 Å². The number of nitrogens with one attached hydrogen (secondary N) is 1. The topological polar surface area (TPSA) is 47.6 Å². The van der Waals surface area contributed by atoms with Gasteiger partial charge in [0.2, 0.25) is 0 Å². The monoisotopic (exact) mass is 271 g/mol. The molecule has 0 bridgehead atoms. The Balaban J connectivity index is 2.61. The van der Waals surface area contributed by atoms with Crippen molar-refractivity contribution in [1.29, 1.82) is 0 Å². The van der Waals surface area contributed by atoms with Gasteiger partial charge in [0.15, 0.2) is 0 Å². The maximum absolute atomic E-state index is 12.0. The Bertz CT molecular complexity index is 361. The van der Waals surface area contributed by atoms with E-state index in [1.54, 1.807) is 38.5 Å². The molecule has 0 spiro atoms. The van der Waals surface area contributed by atoms with Crippen molar-refractivity contribution >= 4 is 17.5 Å². The smallest absolute Gasteiger partial charge is 0.251 e. The van der Waals surface area contributed by atoms with Crippen molar-refractivity contribution in [2.75, 3.05) is 26.7 Å². The van der Waals surface area contributed by atoms with Crippen molar-refractivity contribution in [3.05, 3.63) is 29.8 Å². The number of carbonyl (C=O) groups excluding carboxylic acids is 1. The van der Waals surface area contributed by atoms with E-state index in [0.29, 0.717) is 24.5 Å². The van der Waals surface area contributed by atoms with E-state index < -0.39 is 0 Å². The minimum absolute atomic E-state index is 0.0675. The fourth-order valence-electron chi connectivity index (χ4n) is 1.54. The normalized spacial score (nSPS) is 11.9. The lowest BCUT2D eigenvalue weighted by Crippen LogP contribution is -2.38. The Kier molecular flexibility index (Phi) is 6.54. The van der Waals surface area contributed by atoms with Gasteiger partial charge in [0.05, 0.1) is 19.8 Å². The molecule has 1 N–H and O–H groups in total. The van der Waals surface area contributed by atoms with Gasteiger partial charge in [-0.05, 0) is 30.7 Å². The molecule has 1 aromatic carbocycles. The van der Waals surface area contributed by atoms with Crippen LogP contribution in [0.3, 0.4) is 0 Å². The van der Waals surface area contributed by atoms with Crippen LogP contribution in [0.1, 0.15) is 16.8 Å². The van der Waals surface area contributed by atoms with Crippen molar-refractivity contribution in [1.82, 2.24) is 5.32 Å². The van der Waals surface area contributed by atoms with Gasteiger partial charge in [0.25, 0.3) is 5.91 Å². The molecular weight excluding hydrogens is 254 g/mol. The third kappa shape index (κ3) is 4.55. The molecular formula is C13H18ClNO3. The van der Waals surface area contributed by atoms with E-state index in [4.69, 9.17) is 21.1 Å². The SMILES string of the molecule is COCC(CCCl)NC(=O)c1ccc(OC)cc1. The number of halogens is 1. The highest BCUT2D eigenvalue weighted by Crippen LogP contribution is 2.11. The van der Waals surface area contributed by atoms with Crippen LogP contribution in [0.2, 0.25) is 0 Å². The number of rotatable bonds is 7. The minimum Gasteiger partial charge on any atom is -0.497 e. The lowest BCUT2D eigenvalue weighted by Gasteiger charge is -2.16. The number of alkyl halides is 1. The summed E-state index contributed by atoms with van der Waals surface area (Å²) in [5.74, 6) is 1.07. The van der Waals surface area contributed by atoms with Gasteiger partial charge in [-0.15, -0.1) is 11.6 Å². The number of hydrogen-bond acceptors (Lipinski definition) is 3. The van der Waals surface area contributed by atoms with Crippen LogP contribution in [0.25, 0.3) is 0 Å². The number of methoxy groups -OCH3 is 2. The fraction of sp³-hybridized carbons (Fsp3) is 0.462. The van der Waals surface area contributed by atoms with Gasteiger partial charge in [-0.1, -0.05) is 0 Å². The summed E-state index contributed by atoms with van der Waals surface area (Å²) in [6.45, 7) is 0.453. The first-order valence-corrected chi connectivity index (χ1v) is 6.24. The van der Waals surface area contributed by atoms with E-state index in [1.807, 2.05) is 0 Å². The summed E-state index contributed by atoms with van der Waals surface area (Å²) >= 11 is 5.68. The molecule has 0 saturated carbocycles. The quantitative estimate of drug-likeness (QED) is 0.773. The van der Waals surface area contributed by atoms with Crippen LogP contribution >= 0.6 is 11.6 Å². The molecule has 1 atom stereocenters. The summed E-state index contributed by atoms with van der Waals surface area (Å²) < 4.78 is 10.1. The molecule has 0 aliphatic rings. The second-order valence-electron chi connectivity index (χ2n) is 3.83. The Morgan fingerprint density at radius 3 is 2.50 bits per heavy atom. The lowest BCUT2D eigenvalue weighted by atomic mass is 10.1. The number of carbonyl (C=O) groups is 1. The average Bonchev–Trinajstić information content (AvgIpc) is 2.39. The molecule has 0 heterocycles. The van der Waals surface area contributed by atoms with Gasteiger partial charge >= 0.3 is 0 Å². The molecule has 0 saturated heterocycles. The summed E-state index contributed by atoms with van der Waals surface area (Å²) in [6, 6.07) is 6.88. The average molecular weight is 272 g/mol. The highest BCUT2D eigenvalue weighted by Gasteiger charge is 2.13. The predicted octanol–water partition coefficient (Wildman–Crippen LogP) is 2.07. The van der Waals surface area contributed by atoms with Crippen LogP contribution < -0.4 is 10.1 Å². The van der Waals surface area contributed by atoms with Crippen molar-refractivity contribution in [3.63, 3.8) is 0 Å². The van der Waals surface area contributed by atoms with Crippen molar-refractivity contribution in [2.24, 2.45) is 0 Å². The maximum Gasteiger partial charge on any atom is 0.251 e. The van der Waals surface area contributed by atoms with E-state index in [-0.39, 0.29) is 11.9 Å². The van der Waals surface area contributed by atoms with E-state index in [0.717, 1.165) is 5.75 Å². The molecule has 18 heavy (non-hydrogen) atoms. The zero-order valence-electron chi connectivity index (χ0n) is 10.6. The standard InChI is InChI=1S/C13H18ClNO3/c1-17-9-11(7-8-14)15-13(16)10-3-5-12(18-2)6-4-10/h3-6,11H,7-9H2,1-2H3,(H,15,16). The summed E-state index contributed by atoms with van der Waals surface area (Å²) in [6.07, 6.45) is 0.678. The molecule has 0 aromatic heterocycles. The molecule has 1 rings (SSSR count). The maximum atomic E-state index is 12.0. The van der Waals surface area contributed by atoms with Gasteiger partial charge in [-0.3, -0.25) is 4.79 Å². The van der Waals surface area contributed by atoms with Gasteiger partial charge in [-0.25, -0.2) is 0 Å². The molecule has 0 aliphatic heterocycles. The van der Waals surface area contributed by atoms with E-state index >= 15 is 0 Å². The zero-order valence-corrected chi connectivity index (χ0v) is 11.4. The van der Waals surface area contributed by atoms with Crippen LogP contribution in [0, 0.1) is 0 Å². The molecule has 1 unspecified atom stereocenters. The van der Waals surface area contributed by atoms with E-state index in [2.05, 4.69) is 5.32 Å². The highest BCUT2D eigenvalue weighted by atomic mass is 35.5. The first-order chi connectivity index (χ1) is 8.71. The molecule has 4 nitrogen and oxygen atoms in total. The molecule has 0 aliphatic carbocycles. The summed E-state index contributed by atoms with van der Waals surface area (Å²) in [4.78, 5) is 12.0. The first-order valence-electron chi connectivity index (χ1n) is 5.71. The molecule has 1 amide bonds. The Labute approximate surface area is 112 Å². The predicted molar refractivity (Wildman–Crippen MR) is 71.5 cm³/mol. The van der Waals surface area contributed by atoms with Gasteiger partial charge in [-0.2, -0.15) is 0 Å². The number of hydrogen-bond donors (Lipinski definition) is 1. The highest BCUT2D eigenvalue weighted by molar-refractivity contribution is 6.17. The van der Waals surface area contributed by atoms with E-state index in [9.17, 15) is 4.79 Å². The van der Waals surface area contributed by atoms with Crippen LogP contribution in [0.15, 0.2) is 24.3 Å². The number of amides is 1. The number of benzene rings is 1. The third-order valence-corrected chi connectivity index (χ3v) is 2.73. The summed E-state index contributed by atoms with van der Waals surface area (Å²) in [5.41, 5.74) is 0.589. The molecule has 5 heteroatoms. The Morgan fingerprint density at radius 2 is 2.00 bits per heavy atom. The Morgan fingerprint density at radius 1 is 1.33 bits per heavy atom. The van der Waals surface area contributed by atoms with Gasteiger partial charge < -0.3 is 14.8 Å². The fourth-order valence-corrected chi connectivity index (χ4v) is 1.80. The van der Waals surface area contributed by atoms with Crippen LogP contribution in [-0.2, 0) is 4.74 Å². The number of ether oxygens (including phenoxy) is 2. The Hall–Kier alpha value is -1.26. The van der Waals surface area contributed by atoms with Gasteiger partial charge in [0.1, 0.15) is 5.75 Å². The van der Waals surface area contributed by atoms with E-state index in [1.165, 1.54) is 0 Å². The summed E-state index contributed by atoms with van der Waals surface area (Å²) in [7, 11) is 3.19. The molecule has 100 valence electrons. The van der Waals surface area contributed by atoms with Crippen molar-refractivity contribution in [2.45, 2.75) is 12.5 Å². The third-order valence-electron chi connectivity index (χ3n) is 2.51. The zero-order chi connectivity index (χ0) is 13.4. The second kappa shape index (κ2) is 7.95. The minimum atomic E-state index is -0.134. The first kappa shape index (κ1) is 14.8. The van der Waals surface area contributed by atoms with Crippen LogP contribution in [0.4, 0.5) is 0 Å². The molecule has 0 radical (unpaired) electrons. The van der Waals surface area contributed by atoms with Gasteiger partial charge in [0, 0.05) is 18.6 Å². The molecule has 1 aromatic rings. The lowest BCUT2D eigenvalue weighted by molar-refractivity contribution is 0.0895. The summed E-state index contributed by atoms with van der Waals surface area (Å²) in [5, 5.41) is 2.88. The molecule has 0 fully saturated rings. The second-order valence-corrected chi connectivity index (χ2v) is 4.21. The van der Waals surface area contributed by atoms with Crippen LogP contribution in [-0.4, -0.2) is 38.7 Å². The van der Waals surface area contributed by atoms with Crippen molar-refractivity contribution in [3.8, 4) is 5.75 Å².